The number of carbonyl (C=O) groups is 1. The van der Waals surface area contributed by atoms with Crippen molar-refractivity contribution in [2.75, 3.05) is 6.54 Å². The quantitative estimate of drug-likeness (QED) is 0.734. The maximum Gasteiger partial charge on any atom is 0.223 e. The van der Waals surface area contributed by atoms with Crippen LogP contribution in [0.2, 0.25) is 0 Å². The molecule has 4 unspecified atom stereocenters. The molecule has 0 saturated heterocycles. The number of amides is 1. The van der Waals surface area contributed by atoms with E-state index in [-0.39, 0.29) is 11.8 Å². The highest BCUT2D eigenvalue weighted by Crippen LogP contribution is 2.44. The summed E-state index contributed by atoms with van der Waals surface area (Å²) >= 11 is 0. The van der Waals surface area contributed by atoms with Crippen molar-refractivity contribution in [3.8, 4) is 0 Å². The maximum atomic E-state index is 11.8. The Kier molecular flexibility index (Phi) is 3.29. The number of nitrogens with two attached hydrogens (primary N) is 1. The maximum absolute atomic E-state index is 11.8. The Morgan fingerprint density at radius 1 is 1.47 bits per heavy atom. The van der Waals surface area contributed by atoms with E-state index in [0.29, 0.717) is 12.6 Å². The molecule has 1 amide bonds. The molecule has 0 heterocycles. The molecular weight excluding hydrogens is 188 g/mol. The average Bonchev–Trinajstić information content (AvgIpc) is 2.79. The van der Waals surface area contributed by atoms with Gasteiger partial charge in [0.25, 0.3) is 0 Å². The lowest BCUT2D eigenvalue weighted by Crippen LogP contribution is -2.41. The Bertz CT molecular complexity index is 242. The van der Waals surface area contributed by atoms with E-state index < -0.39 is 0 Å². The molecule has 0 aromatic rings. The number of hydrogen-bond acceptors (Lipinski definition) is 2. The molecule has 15 heavy (non-hydrogen) atoms. The van der Waals surface area contributed by atoms with Gasteiger partial charge in [-0.3, -0.25) is 4.79 Å². The molecule has 4 atom stereocenters. The van der Waals surface area contributed by atoms with Crippen molar-refractivity contribution in [3.05, 3.63) is 0 Å². The zero-order valence-corrected chi connectivity index (χ0v) is 9.54. The van der Waals surface area contributed by atoms with Crippen LogP contribution in [0.5, 0.6) is 0 Å². The lowest BCUT2D eigenvalue weighted by molar-refractivity contribution is -0.125. The first-order valence-corrected chi connectivity index (χ1v) is 6.21. The predicted molar refractivity (Wildman–Crippen MR) is 60.2 cm³/mol. The molecule has 86 valence electrons. The van der Waals surface area contributed by atoms with Crippen LogP contribution in [0, 0.1) is 17.8 Å². The van der Waals surface area contributed by atoms with E-state index in [4.69, 9.17) is 5.73 Å². The first kappa shape index (κ1) is 10.9. The lowest BCUT2D eigenvalue weighted by atomic mass is 9.94. The van der Waals surface area contributed by atoms with E-state index in [2.05, 4.69) is 5.32 Å². The molecule has 0 radical (unpaired) electrons. The van der Waals surface area contributed by atoms with Crippen molar-refractivity contribution < 1.29 is 4.79 Å². The van der Waals surface area contributed by atoms with Crippen molar-refractivity contribution in [1.82, 2.24) is 5.32 Å². The van der Waals surface area contributed by atoms with Crippen LogP contribution in [0.1, 0.15) is 39.0 Å². The van der Waals surface area contributed by atoms with Crippen LogP contribution in [0.25, 0.3) is 0 Å². The second-order valence-electron chi connectivity index (χ2n) is 5.27. The second-order valence-corrected chi connectivity index (χ2v) is 5.27. The van der Waals surface area contributed by atoms with Crippen LogP contribution < -0.4 is 11.1 Å². The number of fused-ring (bicyclic) bond motifs is 2. The predicted octanol–water partition coefficient (Wildman–Crippen LogP) is 1.28. The molecule has 3 nitrogen and oxygen atoms in total. The van der Waals surface area contributed by atoms with Crippen molar-refractivity contribution >= 4 is 5.91 Å². The zero-order valence-electron chi connectivity index (χ0n) is 9.54. The smallest absolute Gasteiger partial charge is 0.223 e. The number of hydrogen-bond donors (Lipinski definition) is 2. The summed E-state index contributed by atoms with van der Waals surface area (Å²) in [4.78, 5) is 11.8. The Labute approximate surface area is 91.8 Å². The third kappa shape index (κ3) is 2.33. The Balaban J connectivity index is 1.79. The minimum Gasteiger partial charge on any atom is -0.353 e. The molecule has 0 spiro atoms. The summed E-state index contributed by atoms with van der Waals surface area (Å²) in [7, 11) is 0. The highest BCUT2D eigenvalue weighted by molar-refractivity contribution is 5.78. The molecule has 0 aliphatic heterocycles. The molecule has 0 aromatic carbocycles. The minimum absolute atomic E-state index is 0.0779. The third-order valence-corrected chi connectivity index (χ3v) is 4.11. The summed E-state index contributed by atoms with van der Waals surface area (Å²) in [5.74, 6) is 1.95. The monoisotopic (exact) mass is 210 g/mol. The van der Waals surface area contributed by atoms with E-state index >= 15 is 0 Å². The van der Waals surface area contributed by atoms with Crippen LogP contribution in [0.3, 0.4) is 0 Å². The van der Waals surface area contributed by atoms with Crippen molar-refractivity contribution in [1.29, 1.82) is 0 Å². The van der Waals surface area contributed by atoms with Gasteiger partial charge >= 0.3 is 0 Å². The van der Waals surface area contributed by atoms with Gasteiger partial charge in [-0.25, -0.2) is 0 Å². The van der Waals surface area contributed by atoms with Gasteiger partial charge in [-0.15, -0.1) is 0 Å². The Morgan fingerprint density at radius 3 is 2.80 bits per heavy atom. The van der Waals surface area contributed by atoms with E-state index in [0.717, 1.165) is 18.3 Å². The van der Waals surface area contributed by atoms with Gasteiger partial charge in [0.15, 0.2) is 0 Å². The molecule has 3 heteroatoms. The molecule has 2 bridgehead atoms. The van der Waals surface area contributed by atoms with Crippen LogP contribution >= 0.6 is 0 Å². The first-order chi connectivity index (χ1) is 7.20. The van der Waals surface area contributed by atoms with Crippen LogP contribution in [0.4, 0.5) is 0 Å². The van der Waals surface area contributed by atoms with Gasteiger partial charge < -0.3 is 11.1 Å². The molecule has 0 aromatic heterocycles. The Hall–Kier alpha value is -0.570. The van der Waals surface area contributed by atoms with E-state index in [1.165, 1.54) is 25.7 Å². The average molecular weight is 210 g/mol. The molecule has 2 saturated carbocycles. The summed E-state index contributed by atoms with van der Waals surface area (Å²) in [6.07, 6.45) is 6.06. The van der Waals surface area contributed by atoms with E-state index in [9.17, 15) is 4.79 Å². The highest BCUT2D eigenvalue weighted by atomic mass is 16.1. The number of nitrogens with one attached hydrogen (secondary N) is 1. The fourth-order valence-electron chi connectivity index (χ4n) is 3.13. The van der Waals surface area contributed by atoms with Gasteiger partial charge in [0.2, 0.25) is 5.91 Å². The summed E-state index contributed by atoms with van der Waals surface area (Å²) in [6, 6.07) is 0.469. The van der Waals surface area contributed by atoms with E-state index in [1.54, 1.807) is 0 Å². The highest BCUT2D eigenvalue weighted by Gasteiger charge is 2.40. The fourth-order valence-corrected chi connectivity index (χ4v) is 3.13. The summed E-state index contributed by atoms with van der Waals surface area (Å²) in [6.45, 7) is 2.57. The standard InChI is InChI=1S/C12H22N2O/c1-8(4-5-13)12(15)14-11-7-9-2-3-10(11)6-9/h8-11H,2-7,13H2,1H3,(H,14,15). The van der Waals surface area contributed by atoms with Gasteiger partial charge in [0.1, 0.15) is 0 Å². The molecule has 2 aliphatic carbocycles. The second kappa shape index (κ2) is 4.52. The van der Waals surface area contributed by atoms with E-state index in [1.807, 2.05) is 6.92 Å². The first-order valence-electron chi connectivity index (χ1n) is 6.21. The fraction of sp³-hybridized carbons (Fsp3) is 0.917. The molecule has 2 fully saturated rings. The summed E-state index contributed by atoms with van der Waals surface area (Å²) < 4.78 is 0. The normalized spacial score (nSPS) is 35.5. The van der Waals surface area contributed by atoms with Crippen molar-refractivity contribution in [2.24, 2.45) is 23.5 Å². The Morgan fingerprint density at radius 2 is 2.27 bits per heavy atom. The molecule has 3 N–H and O–H groups in total. The van der Waals surface area contributed by atoms with Gasteiger partial charge in [0.05, 0.1) is 0 Å². The molecule has 2 rings (SSSR count). The van der Waals surface area contributed by atoms with Crippen molar-refractivity contribution in [2.45, 2.75) is 45.1 Å². The van der Waals surface area contributed by atoms with Crippen molar-refractivity contribution in [3.63, 3.8) is 0 Å². The largest absolute Gasteiger partial charge is 0.353 e. The van der Waals surface area contributed by atoms with Crippen LogP contribution in [-0.4, -0.2) is 18.5 Å². The lowest BCUT2D eigenvalue weighted by Gasteiger charge is -2.24. The summed E-state index contributed by atoms with van der Waals surface area (Å²) in [5, 5.41) is 3.20. The molecule has 2 aliphatic rings. The topological polar surface area (TPSA) is 55.1 Å². The van der Waals surface area contributed by atoms with Crippen LogP contribution in [0.15, 0.2) is 0 Å². The van der Waals surface area contributed by atoms with Gasteiger partial charge in [0, 0.05) is 12.0 Å². The molecular formula is C12H22N2O. The van der Waals surface area contributed by atoms with Crippen LogP contribution in [-0.2, 0) is 4.79 Å². The zero-order chi connectivity index (χ0) is 10.8. The SMILES string of the molecule is CC(CCN)C(=O)NC1CC2CCC1C2. The minimum atomic E-state index is 0.0779. The third-order valence-electron chi connectivity index (χ3n) is 4.11. The van der Waals surface area contributed by atoms with Gasteiger partial charge in [-0.05, 0) is 44.1 Å². The number of carbonyl (C=O) groups excluding carboxylic acids is 1. The summed E-state index contributed by atoms with van der Waals surface area (Å²) in [5.41, 5.74) is 5.46. The van der Waals surface area contributed by atoms with Gasteiger partial charge in [-0.2, -0.15) is 0 Å². The van der Waals surface area contributed by atoms with Gasteiger partial charge in [-0.1, -0.05) is 13.3 Å². The number of rotatable bonds is 4.